The smallest absolute Gasteiger partial charge is 0.309 e. The van der Waals surface area contributed by atoms with E-state index in [0.29, 0.717) is 11.6 Å². The van der Waals surface area contributed by atoms with E-state index in [4.69, 9.17) is 9.15 Å². The molecule has 1 heterocycles. The first-order valence-electron chi connectivity index (χ1n) is 6.16. The lowest BCUT2D eigenvalue weighted by Gasteiger charge is -2.11. The molecule has 1 aromatic carbocycles. The van der Waals surface area contributed by atoms with Crippen LogP contribution in [0, 0.1) is 5.92 Å². The fourth-order valence-corrected chi connectivity index (χ4v) is 2.65. The van der Waals surface area contributed by atoms with Crippen molar-refractivity contribution in [1.82, 2.24) is 4.98 Å². The van der Waals surface area contributed by atoms with Gasteiger partial charge in [-0.3, -0.25) is 4.79 Å². The second-order valence-corrected chi connectivity index (χ2v) is 5.79. The molecule has 2 atom stereocenters. The molecule has 2 aromatic rings. The topological polar surface area (TPSA) is 52.3 Å². The number of rotatable bonds is 5. The molecule has 0 aliphatic carbocycles. The van der Waals surface area contributed by atoms with E-state index in [9.17, 15) is 4.79 Å². The average molecular weight is 279 g/mol. The number of carbonyl (C=O) groups excluding carboxylic acids is 1. The van der Waals surface area contributed by atoms with Crippen molar-refractivity contribution in [2.24, 2.45) is 5.92 Å². The SMILES string of the molecule is COC(=O)[C@@H](C)CS[C@H](C)c1nc2ccccc2o1. The van der Waals surface area contributed by atoms with Gasteiger partial charge >= 0.3 is 5.97 Å². The van der Waals surface area contributed by atoms with Gasteiger partial charge in [-0.15, -0.1) is 11.8 Å². The fraction of sp³-hybridized carbons (Fsp3) is 0.429. The summed E-state index contributed by atoms with van der Waals surface area (Å²) in [5.41, 5.74) is 1.66. The summed E-state index contributed by atoms with van der Waals surface area (Å²) in [7, 11) is 1.41. The van der Waals surface area contributed by atoms with Crippen LogP contribution in [0.15, 0.2) is 28.7 Å². The summed E-state index contributed by atoms with van der Waals surface area (Å²) < 4.78 is 10.4. The number of nitrogens with zero attached hydrogens (tertiary/aromatic N) is 1. The number of ether oxygens (including phenoxy) is 1. The minimum Gasteiger partial charge on any atom is -0.469 e. The highest BCUT2D eigenvalue weighted by atomic mass is 32.2. The van der Waals surface area contributed by atoms with E-state index in [-0.39, 0.29) is 17.1 Å². The van der Waals surface area contributed by atoms with Crippen LogP contribution in [0.5, 0.6) is 0 Å². The maximum absolute atomic E-state index is 11.3. The molecule has 5 heteroatoms. The molecule has 2 rings (SSSR count). The summed E-state index contributed by atoms with van der Waals surface area (Å²) in [4.78, 5) is 15.8. The standard InChI is InChI=1S/C14H17NO3S/c1-9(14(16)17-3)8-19-10(2)13-15-11-6-4-5-7-12(11)18-13/h4-7,9-10H,8H2,1-3H3/t9-,10+/m0/s1. The number of benzene rings is 1. The largest absolute Gasteiger partial charge is 0.469 e. The van der Waals surface area contributed by atoms with Crippen LogP contribution >= 0.6 is 11.8 Å². The van der Waals surface area contributed by atoms with Crippen LogP contribution in [0.1, 0.15) is 25.0 Å². The zero-order valence-corrected chi connectivity index (χ0v) is 12.1. The monoisotopic (exact) mass is 279 g/mol. The van der Waals surface area contributed by atoms with Gasteiger partial charge in [-0.1, -0.05) is 19.1 Å². The van der Waals surface area contributed by atoms with E-state index in [0.717, 1.165) is 11.1 Å². The maximum atomic E-state index is 11.3. The van der Waals surface area contributed by atoms with Gasteiger partial charge in [-0.25, -0.2) is 4.98 Å². The number of fused-ring (bicyclic) bond motifs is 1. The Labute approximate surface area is 116 Å². The van der Waals surface area contributed by atoms with E-state index < -0.39 is 0 Å². The van der Waals surface area contributed by atoms with Gasteiger partial charge in [-0.05, 0) is 19.1 Å². The second kappa shape index (κ2) is 6.10. The summed E-state index contributed by atoms with van der Waals surface area (Å²) >= 11 is 1.64. The van der Waals surface area contributed by atoms with Crippen molar-refractivity contribution in [2.45, 2.75) is 19.1 Å². The molecule has 0 saturated heterocycles. The van der Waals surface area contributed by atoms with Crippen molar-refractivity contribution in [3.63, 3.8) is 0 Å². The number of methoxy groups -OCH3 is 1. The third-order valence-electron chi connectivity index (χ3n) is 2.86. The molecule has 102 valence electrons. The molecule has 0 N–H and O–H groups in total. The van der Waals surface area contributed by atoms with Crippen LogP contribution in [0.25, 0.3) is 11.1 Å². The van der Waals surface area contributed by atoms with Crippen LogP contribution < -0.4 is 0 Å². The molecule has 1 aromatic heterocycles. The van der Waals surface area contributed by atoms with Crippen LogP contribution in [-0.4, -0.2) is 23.8 Å². The first-order valence-corrected chi connectivity index (χ1v) is 7.21. The van der Waals surface area contributed by atoms with Crippen molar-refractivity contribution < 1.29 is 13.9 Å². The number of carbonyl (C=O) groups is 1. The summed E-state index contributed by atoms with van der Waals surface area (Å²) in [6, 6.07) is 7.69. The van der Waals surface area contributed by atoms with Gasteiger partial charge in [0.1, 0.15) is 5.52 Å². The van der Waals surface area contributed by atoms with Gasteiger partial charge in [0.05, 0.1) is 18.3 Å². The third-order valence-corrected chi connectivity index (χ3v) is 4.25. The Hall–Kier alpha value is -1.49. The quantitative estimate of drug-likeness (QED) is 0.785. The van der Waals surface area contributed by atoms with Crippen molar-refractivity contribution in [3.8, 4) is 0 Å². The highest BCUT2D eigenvalue weighted by molar-refractivity contribution is 7.99. The third kappa shape index (κ3) is 3.29. The molecule has 19 heavy (non-hydrogen) atoms. The van der Waals surface area contributed by atoms with Crippen LogP contribution in [0.4, 0.5) is 0 Å². The van der Waals surface area contributed by atoms with Crippen LogP contribution in [-0.2, 0) is 9.53 Å². The Balaban J connectivity index is 1.99. The number of aromatic nitrogens is 1. The van der Waals surface area contributed by atoms with Gasteiger partial charge in [0.25, 0.3) is 0 Å². The van der Waals surface area contributed by atoms with Crippen molar-refractivity contribution >= 4 is 28.8 Å². The molecule has 0 bridgehead atoms. The summed E-state index contributed by atoms with van der Waals surface area (Å²) in [6.45, 7) is 3.89. The summed E-state index contributed by atoms with van der Waals surface area (Å²) in [6.07, 6.45) is 0. The predicted molar refractivity (Wildman–Crippen MR) is 76.1 cm³/mol. The molecular formula is C14H17NO3S. The lowest BCUT2D eigenvalue weighted by Crippen LogP contribution is -2.15. The van der Waals surface area contributed by atoms with Crippen LogP contribution in [0.2, 0.25) is 0 Å². The highest BCUT2D eigenvalue weighted by Gasteiger charge is 2.18. The van der Waals surface area contributed by atoms with E-state index >= 15 is 0 Å². The van der Waals surface area contributed by atoms with E-state index in [1.807, 2.05) is 38.1 Å². The highest BCUT2D eigenvalue weighted by Crippen LogP contribution is 2.31. The minimum atomic E-state index is -0.183. The number of hydrogen-bond donors (Lipinski definition) is 0. The van der Waals surface area contributed by atoms with Gasteiger partial charge in [-0.2, -0.15) is 0 Å². The lowest BCUT2D eigenvalue weighted by molar-refractivity contribution is -0.143. The first kappa shape index (κ1) is 13.9. The fourth-order valence-electron chi connectivity index (χ4n) is 1.69. The number of hydrogen-bond acceptors (Lipinski definition) is 5. The van der Waals surface area contributed by atoms with Gasteiger partial charge < -0.3 is 9.15 Å². The number of thioether (sulfide) groups is 1. The van der Waals surface area contributed by atoms with E-state index in [1.54, 1.807) is 11.8 Å². The van der Waals surface area contributed by atoms with Gasteiger partial charge in [0.2, 0.25) is 5.89 Å². The number of esters is 1. The molecule has 0 radical (unpaired) electrons. The Kier molecular flexibility index (Phi) is 4.47. The molecule has 0 aliphatic rings. The summed E-state index contributed by atoms with van der Waals surface area (Å²) in [5, 5.41) is 0.111. The zero-order chi connectivity index (χ0) is 13.8. The Bertz CT molecular complexity index is 534. The lowest BCUT2D eigenvalue weighted by atomic mass is 10.2. The first-order chi connectivity index (χ1) is 9.11. The molecular weight excluding hydrogens is 262 g/mol. The average Bonchev–Trinajstić information content (AvgIpc) is 2.87. The molecule has 0 unspecified atom stereocenters. The predicted octanol–water partition coefficient (Wildman–Crippen LogP) is 3.43. The minimum absolute atomic E-state index is 0.111. The molecule has 0 saturated carbocycles. The Morgan fingerprint density at radius 3 is 2.84 bits per heavy atom. The van der Waals surface area contributed by atoms with E-state index in [1.165, 1.54) is 7.11 Å². The zero-order valence-electron chi connectivity index (χ0n) is 11.3. The molecule has 0 fully saturated rings. The molecule has 0 aliphatic heterocycles. The number of oxazole rings is 1. The van der Waals surface area contributed by atoms with Crippen molar-refractivity contribution in [2.75, 3.05) is 12.9 Å². The normalized spacial score (nSPS) is 14.3. The van der Waals surface area contributed by atoms with Gasteiger partial charge in [0, 0.05) is 5.75 Å². The van der Waals surface area contributed by atoms with Crippen LogP contribution in [0.3, 0.4) is 0 Å². The number of para-hydroxylation sites is 2. The molecule has 0 spiro atoms. The Morgan fingerprint density at radius 2 is 2.16 bits per heavy atom. The van der Waals surface area contributed by atoms with E-state index in [2.05, 4.69) is 4.98 Å². The van der Waals surface area contributed by atoms with Gasteiger partial charge in [0.15, 0.2) is 5.58 Å². The maximum Gasteiger partial charge on any atom is 0.309 e. The molecule has 4 nitrogen and oxygen atoms in total. The van der Waals surface area contributed by atoms with Crippen molar-refractivity contribution in [1.29, 1.82) is 0 Å². The Morgan fingerprint density at radius 1 is 1.42 bits per heavy atom. The second-order valence-electron chi connectivity index (χ2n) is 4.42. The summed E-state index contributed by atoms with van der Waals surface area (Å²) in [5.74, 6) is 1.08. The molecule has 0 amide bonds. The van der Waals surface area contributed by atoms with Crippen molar-refractivity contribution in [3.05, 3.63) is 30.2 Å².